The Hall–Kier alpha value is -3.06. The van der Waals surface area contributed by atoms with Crippen LogP contribution in [-0.4, -0.2) is 27.1 Å². The average molecular weight is 323 g/mol. The van der Waals surface area contributed by atoms with E-state index in [2.05, 4.69) is 15.3 Å². The molecule has 0 radical (unpaired) electrons. The quantitative estimate of drug-likeness (QED) is 0.586. The van der Waals surface area contributed by atoms with Gasteiger partial charge in [0, 0.05) is 5.56 Å². The first-order valence-electron chi connectivity index (χ1n) is 6.74. The maximum atomic E-state index is 10.7. The summed E-state index contributed by atoms with van der Waals surface area (Å²) in [5, 5.41) is 21.9. The van der Waals surface area contributed by atoms with Gasteiger partial charge in [-0.1, -0.05) is 54.6 Å². The maximum absolute atomic E-state index is 10.7. The summed E-state index contributed by atoms with van der Waals surface area (Å²) in [4.78, 5) is 10.7. The number of carboxylic acid groups (broad SMARTS) is 1. The lowest BCUT2D eigenvalue weighted by Crippen LogP contribution is -2.21. The molecule has 0 aliphatic rings. The largest absolute Gasteiger partial charge is 0.545 e. The highest BCUT2D eigenvalue weighted by Crippen LogP contribution is 2.16. The zero-order valence-electron chi connectivity index (χ0n) is 11.8. The van der Waals surface area contributed by atoms with Crippen LogP contribution in [0, 0.1) is 4.77 Å². The van der Waals surface area contributed by atoms with Gasteiger partial charge in [0.1, 0.15) is 0 Å². The van der Waals surface area contributed by atoms with Gasteiger partial charge in [-0.3, -0.25) is 0 Å². The molecular formula is C16H11N4O2S-. The minimum Gasteiger partial charge on any atom is -0.545 e. The molecule has 0 bridgehead atoms. The van der Waals surface area contributed by atoms with Crippen molar-refractivity contribution in [2.24, 2.45) is 5.10 Å². The summed E-state index contributed by atoms with van der Waals surface area (Å²) < 4.78 is 1.88. The molecule has 114 valence electrons. The van der Waals surface area contributed by atoms with Crippen LogP contribution in [0.25, 0.3) is 11.4 Å². The third kappa shape index (κ3) is 3.24. The van der Waals surface area contributed by atoms with Crippen molar-refractivity contribution in [3.05, 3.63) is 70.5 Å². The second kappa shape index (κ2) is 6.37. The van der Waals surface area contributed by atoms with Crippen molar-refractivity contribution < 1.29 is 9.90 Å². The van der Waals surface area contributed by atoms with Crippen molar-refractivity contribution in [3.8, 4) is 11.4 Å². The molecule has 0 spiro atoms. The summed E-state index contributed by atoms with van der Waals surface area (Å²) in [5.74, 6) is -0.616. The monoisotopic (exact) mass is 323 g/mol. The van der Waals surface area contributed by atoms with Crippen molar-refractivity contribution in [2.75, 3.05) is 0 Å². The molecule has 1 aromatic heterocycles. The van der Waals surface area contributed by atoms with E-state index in [1.165, 1.54) is 16.8 Å². The van der Waals surface area contributed by atoms with Gasteiger partial charge in [0.2, 0.25) is 4.77 Å². The molecule has 2 aromatic carbocycles. The Morgan fingerprint density at radius 1 is 1.17 bits per heavy atom. The van der Waals surface area contributed by atoms with Crippen molar-refractivity contribution >= 4 is 24.4 Å². The Labute approximate surface area is 136 Å². The summed E-state index contributed by atoms with van der Waals surface area (Å²) >= 11 is 5.19. The average Bonchev–Trinajstić information content (AvgIpc) is 2.95. The number of hydrogen-bond donors (Lipinski definition) is 1. The summed E-state index contributed by atoms with van der Waals surface area (Å²) in [7, 11) is 0. The van der Waals surface area contributed by atoms with Crippen molar-refractivity contribution in [1.82, 2.24) is 14.9 Å². The van der Waals surface area contributed by atoms with Crippen LogP contribution in [0.4, 0.5) is 0 Å². The van der Waals surface area contributed by atoms with Gasteiger partial charge in [-0.2, -0.15) is 14.9 Å². The standard InChI is InChI=1S/C16H12N4O2S/c21-15(22)13-8-6-11(7-9-13)10-17-20-14(18-19-16(20)23)12-4-2-1-3-5-12/h1-10H,(H,19,23)(H,21,22)/p-1. The summed E-state index contributed by atoms with van der Waals surface area (Å²) in [5.41, 5.74) is 1.73. The van der Waals surface area contributed by atoms with E-state index in [0.29, 0.717) is 10.6 Å². The molecule has 0 aliphatic carbocycles. The number of rotatable bonds is 4. The number of benzene rings is 2. The third-order valence-corrected chi connectivity index (χ3v) is 3.42. The van der Waals surface area contributed by atoms with Crippen molar-refractivity contribution in [3.63, 3.8) is 0 Å². The van der Waals surface area contributed by atoms with E-state index in [0.717, 1.165) is 11.1 Å². The van der Waals surface area contributed by atoms with Crippen molar-refractivity contribution in [1.29, 1.82) is 0 Å². The topological polar surface area (TPSA) is 86.1 Å². The molecule has 7 heteroatoms. The SMILES string of the molecule is O=C([O-])c1ccc(C=Nn2c(-c3ccccc3)n[nH]c2=S)cc1. The van der Waals surface area contributed by atoms with Crippen LogP contribution >= 0.6 is 12.2 Å². The third-order valence-electron chi connectivity index (χ3n) is 3.15. The van der Waals surface area contributed by atoms with Gasteiger partial charge in [0.15, 0.2) is 5.82 Å². The highest BCUT2D eigenvalue weighted by Gasteiger charge is 2.06. The van der Waals surface area contributed by atoms with Gasteiger partial charge >= 0.3 is 0 Å². The van der Waals surface area contributed by atoms with Crippen LogP contribution in [0.2, 0.25) is 0 Å². The van der Waals surface area contributed by atoms with Gasteiger partial charge < -0.3 is 9.90 Å². The lowest BCUT2D eigenvalue weighted by Gasteiger charge is -2.02. The molecule has 0 amide bonds. The summed E-state index contributed by atoms with van der Waals surface area (Å²) in [6, 6.07) is 15.7. The zero-order chi connectivity index (χ0) is 16.2. The second-order valence-electron chi connectivity index (χ2n) is 4.68. The number of carbonyl (C=O) groups excluding carboxylic acids is 1. The number of hydrogen-bond acceptors (Lipinski definition) is 5. The smallest absolute Gasteiger partial charge is 0.216 e. The first-order chi connectivity index (χ1) is 11.1. The predicted octanol–water partition coefficient (Wildman–Crippen LogP) is 1.85. The number of nitrogens with one attached hydrogen (secondary N) is 1. The Morgan fingerprint density at radius 2 is 1.87 bits per heavy atom. The lowest BCUT2D eigenvalue weighted by atomic mass is 10.1. The minimum absolute atomic E-state index is 0.118. The molecule has 0 unspecified atom stereocenters. The minimum atomic E-state index is -1.21. The van der Waals surface area contributed by atoms with E-state index in [9.17, 15) is 9.90 Å². The van der Waals surface area contributed by atoms with Crippen LogP contribution in [0.5, 0.6) is 0 Å². The van der Waals surface area contributed by atoms with E-state index in [-0.39, 0.29) is 5.56 Å². The fourth-order valence-electron chi connectivity index (χ4n) is 2.00. The van der Waals surface area contributed by atoms with Crippen LogP contribution in [0.3, 0.4) is 0 Å². The molecule has 6 nitrogen and oxygen atoms in total. The molecule has 0 aliphatic heterocycles. The fourth-order valence-corrected chi connectivity index (χ4v) is 2.18. The Kier molecular flexibility index (Phi) is 4.11. The van der Waals surface area contributed by atoms with Gasteiger partial charge in [-0.25, -0.2) is 5.10 Å². The molecule has 0 saturated heterocycles. The number of aromatic amines is 1. The van der Waals surface area contributed by atoms with Crippen LogP contribution in [-0.2, 0) is 0 Å². The molecule has 0 atom stereocenters. The molecule has 0 fully saturated rings. The Balaban J connectivity index is 1.93. The van der Waals surface area contributed by atoms with Crippen molar-refractivity contribution in [2.45, 2.75) is 0 Å². The summed E-state index contributed by atoms with van der Waals surface area (Å²) in [6.45, 7) is 0. The normalized spacial score (nSPS) is 11.0. The molecule has 0 saturated carbocycles. The van der Waals surface area contributed by atoms with Gasteiger partial charge in [-0.15, -0.1) is 0 Å². The van der Waals surface area contributed by atoms with Crippen LogP contribution in [0.1, 0.15) is 15.9 Å². The van der Waals surface area contributed by atoms with Gasteiger partial charge in [0.25, 0.3) is 0 Å². The van der Waals surface area contributed by atoms with E-state index in [4.69, 9.17) is 12.2 Å². The first kappa shape index (κ1) is 14.9. The van der Waals surface area contributed by atoms with E-state index >= 15 is 0 Å². The number of nitrogens with zero attached hydrogens (tertiary/aromatic N) is 3. The van der Waals surface area contributed by atoms with Crippen LogP contribution in [0.15, 0.2) is 59.7 Å². The van der Waals surface area contributed by atoms with E-state index in [1.807, 2.05) is 30.3 Å². The molecular weight excluding hydrogens is 312 g/mol. The van der Waals surface area contributed by atoms with Gasteiger partial charge in [0.05, 0.1) is 12.2 Å². The van der Waals surface area contributed by atoms with Crippen LogP contribution < -0.4 is 5.11 Å². The Bertz CT molecular complexity index is 911. The lowest BCUT2D eigenvalue weighted by molar-refractivity contribution is -0.255. The molecule has 1 heterocycles. The molecule has 3 rings (SSSR count). The second-order valence-corrected chi connectivity index (χ2v) is 5.07. The maximum Gasteiger partial charge on any atom is 0.216 e. The zero-order valence-corrected chi connectivity index (χ0v) is 12.7. The number of carboxylic acids is 1. The molecule has 23 heavy (non-hydrogen) atoms. The number of aromatic nitrogens is 3. The Morgan fingerprint density at radius 3 is 2.52 bits per heavy atom. The predicted molar refractivity (Wildman–Crippen MR) is 86.6 cm³/mol. The fraction of sp³-hybridized carbons (Fsp3) is 0. The number of carbonyl (C=O) groups is 1. The highest BCUT2D eigenvalue weighted by molar-refractivity contribution is 7.71. The number of aromatic carboxylic acids is 1. The molecule has 1 N–H and O–H groups in total. The van der Waals surface area contributed by atoms with E-state index < -0.39 is 5.97 Å². The van der Waals surface area contributed by atoms with Gasteiger partial charge in [-0.05, 0) is 23.3 Å². The summed E-state index contributed by atoms with van der Waals surface area (Å²) in [6.07, 6.45) is 1.58. The van der Waals surface area contributed by atoms with E-state index in [1.54, 1.807) is 18.3 Å². The highest BCUT2D eigenvalue weighted by atomic mass is 32.1. The number of H-pyrrole nitrogens is 1. The molecule has 3 aromatic rings. The first-order valence-corrected chi connectivity index (χ1v) is 7.14.